The number of rotatable bonds is 5. The molecule has 4 heteroatoms. The Morgan fingerprint density at radius 2 is 1.85 bits per heavy atom. The average molecular weight is 274 g/mol. The van der Waals surface area contributed by atoms with Crippen molar-refractivity contribution in [1.29, 1.82) is 0 Å². The van der Waals surface area contributed by atoms with Crippen molar-refractivity contribution in [3.63, 3.8) is 0 Å². The summed E-state index contributed by atoms with van der Waals surface area (Å²) >= 11 is 0. The lowest BCUT2D eigenvalue weighted by Crippen LogP contribution is -2.12. The minimum Gasteiger partial charge on any atom is -0.490 e. The van der Waals surface area contributed by atoms with Crippen molar-refractivity contribution in [2.75, 3.05) is 13.2 Å². The first-order chi connectivity index (χ1) is 9.66. The molecule has 0 heterocycles. The second-order valence-corrected chi connectivity index (χ2v) is 4.26. The molecule has 0 aromatic heterocycles. The minimum atomic E-state index is -0.555. The molecule has 0 aliphatic carbocycles. The zero-order chi connectivity index (χ0) is 14.4. The van der Waals surface area contributed by atoms with Crippen LogP contribution < -0.4 is 4.74 Å². The molecule has 0 spiro atoms. The van der Waals surface area contributed by atoms with E-state index >= 15 is 0 Å². The van der Waals surface area contributed by atoms with Crippen LogP contribution in [0.3, 0.4) is 0 Å². The molecule has 104 valence electrons. The summed E-state index contributed by atoms with van der Waals surface area (Å²) in [6, 6.07) is 13.5. The predicted molar refractivity (Wildman–Crippen MR) is 73.4 cm³/mol. The largest absolute Gasteiger partial charge is 0.490 e. The fraction of sp³-hybridized carbons (Fsp3) is 0.188. The normalized spacial score (nSPS) is 10.1. The summed E-state index contributed by atoms with van der Waals surface area (Å²) in [5.74, 6) is -0.259. The number of hydrogen-bond donors (Lipinski definition) is 0. The van der Waals surface area contributed by atoms with Crippen LogP contribution >= 0.6 is 0 Å². The molecule has 0 aliphatic rings. The summed E-state index contributed by atoms with van der Waals surface area (Å²) in [5, 5.41) is 0. The van der Waals surface area contributed by atoms with Gasteiger partial charge >= 0.3 is 5.97 Å². The molecule has 2 rings (SSSR count). The highest BCUT2D eigenvalue weighted by atomic mass is 19.1. The van der Waals surface area contributed by atoms with Gasteiger partial charge in [0, 0.05) is 0 Å². The van der Waals surface area contributed by atoms with Gasteiger partial charge in [0.05, 0.1) is 5.56 Å². The summed E-state index contributed by atoms with van der Waals surface area (Å²) in [7, 11) is 0. The first-order valence-corrected chi connectivity index (χ1v) is 6.28. The highest BCUT2D eigenvalue weighted by Gasteiger charge is 2.09. The van der Waals surface area contributed by atoms with E-state index in [-0.39, 0.29) is 18.8 Å². The van der Waals surface area contributed by atoms with Gasteiger partial charge in [-0.05, 0) is 36.8 Å². The van der Waals surface area contributed by atoms with Crippen LogP contribution in [0.5, 0.6) is 5.75 Å². The molecule has 0 radical (unpaired) electrons. The smallest absolute Gasteiger partial charge is 0.338 e. The molecule has 20 heavy (non-hydrogen) atoms. The second-order valence-electron chi connectivity index (χ2n) is 4.26. The zero-order valence-electron chi connectivity index (χ0n) is 11.1. The number of carbonyl (C=O) groups excluding carboxylic acids is 1. The van der Waals surface area contributed by atoms with Crippen LogP contribution in [0, 0.1) is 12.7 Å². The van der Waals surface area contributed by atoms with E-state index in [1.165, 1.54) is 6.07 Å². The fourth-order valence-electron chi connectivity index (χ4n) is 1.61. The molecule has 0 N–H and O–H groups in total. The Hall–Kier alpha value is -2.36. The molecule has 2 aromatic carbocycles. The van der Waals surface area contributed by atoms with Gasteiger partial charge < -0.3 is 9.47 Å². The molecule has 2 aromatic rings. The zero-order valence-corrected chi connectivity index (χ0v) is 11.1. The van der Waals surface area contributed by atoms with E-state index in [4.69, 9.17) is 9.47 Å². The lowest BCUT2D eigenvalue weighted by atomic mass is 10.1. The number of ether oxygens (including phenoxy) is 2. The molecule has 0 fully saturated rings. The van der Waals surface area contributed by atoms with E-state index in [2.05, 4.69) is 0 Å². The number of benzene rings is 2. The number of hydrogen-bond acceptors (Lipinski definition) is 3. The van der Waals surface area contributed by atoms with Gasteiger partial charge in [-0.25, -0.2) is 9.18 Å². The van der Waals surface area contributed by atoms with E-state index in [1.54, 1.807) is 19.1 Å². The van der Waals surface area contributed by atoms with Gasteiger partial charge in [-0.3, -0.25) is 0 Å². The standard InChI is InChI=1S/C16H15FO3/c1-12-7-8-13(11-15(12)17)16(18)20-10-9-19-14-5-3-2-4-6-14/h2-8,11H,9-10H2,1H3. The van der Waals surface area contributed by atoms with Crippen LogP contribution in [0.2, 0.25) is 0 Å². The lowest BCUT2D eigenvalue weighted by molar-refractivity contribution is 0.0450. The van der Waals surface area contributed by atoms with Crippen molar-refractivity contribution in [2.24, 2.45) is 0 Å². The molecule has 0 aliphatic heterocycles. The molecule has 0 unspecified atom stereocenters. The van der Waals surface area contributed by atoms with Gasteiger partial charge in [-0.2, -0.15) is 0 Å². The Balaban J connectivity index is 1.79. The van der Waals surface area contributed by atoms with Gasteiger partial charge in [0.1, 0.15) is 24.8 Å². The highest BCUT2D eigenvalue weighted by Crippen LogP contribution is 2.11. The molecular weight excluding hydrogens is 259 g/mol. The molecular formula is C16H15FO3. The molecule has 0 bridgehead atoms. The van der Waals surface area contributed by atoms with Crippen molar-refractivity contribution in [3.05, 3.63) is 65.5 Å². The van der Waals surface area contributed by atoms with Crippen molar-refractivity contribution >= 4 is 5.97 Å². The molecule has 0 saturated carbocycles. The first kappa shape index (κ1) is 14.1. The third-order valence-electron chi connectivity index (χ3n) is 2.74. The Morgan fingerprint density at radius 1 is 1.10 bits per heavy atom. The topological polar surface area (TPSA) is 35.5 Å². The minimum absolute atomic E-state index is 0.114. The van der Waals surface area contributed by atoms with E-state index in [0.29, 0.717) is 11.3 Å². The number of carbonyl (C=O) groups is 1. The Morgan fingerprint density at radius 3 is 2.55 bits per heavy atom. The van der Waals surface area contributed by atoms with Crippen LogP contribution in [-0.2, 0) is 4.74 Å². The summed E-state index contributed by atoms with van der Waals surface area (Å²) in [4.78, 5) is 11.7. The molecule has 0 amide bonds. The van der Waals surface area contributed by atoms with Crippen molar-refractivity contribution < 1.29 is 18.7 Å². The van der Waals surface area contributed by atoms with E-state index in [1.807, 2.05) is 30.3 Å². The van der Waals surface area contributed by atoms with E-state index in [0.717, 1.165) is 0 Å². The van der Waals surface area contributed by atoms with E-state index < -0.39 is 11.8 Å². The summed E-state index contributed by atoms with van der Waals surface area (Å²) in [6.07, 6.45) is 0. The first-order valence-electron chi connectivity index (χ1n) is 6.28. The third-order valence-corrected chi connectivity index (χ3v) is 2.74. The van der Waals surface area contributed by atoms with Crippen LogP contribution in [0.15, 0.2) is 48.5 Å². The maximum absolute atomic E-state index is 13.3. The van der Waals surface area contributed by atoms with Crippen molar-refractivity contribution in [2.45, 2.75) is 6.92 Å². The number of para-hydroxylation sites is 1. The van der Waals surface area contributed by atoms with Crippen LogP contribution in [0.1, 0.15) is 15.9 Å². The average Bonchev–Trinajstić information content (AvgIpc) is 2.47. The van der Waals surface area contributed by atoms with Gasteiger partial charge in [0.25, 0.3) is 0 Å². The summed E-state index contributed by atoms with van der Waals surface area (Å²) in [5.41, 5.74) is 0.696. The van der Waals surface area contributed by atoms with Crippen molar-refractivity contribution in [3.8, 4) is 5.75 Å². The number of halogens is 1. The van der Waals surface area contributed by atoms with Gasteiger partial charge in [-0.1, -0.05) is 24.3 Å². The summed E-state index contributed by atoms with van der Waals surface area (Å²) in [6.45, 7) is 2.01. The highest BCUT2D eigenvalue weighted by molar-refractivity contribution is 5.89. The molecule has 0 saturated heterocycles. The monoisotopic (exact) mass is 274 g/mol. The van der Waals surface area contributed by atoms with Crippen LogP contribution in [0.4, 0.5) is 4.39 Å². The van der Waals surface area contributed by atoms with Gasteiger partial charge in [0.15, 0.2) is 0 Å². The fourth-order valence-corrected chi connectivity index (χ4v) is 1.61. The molecule has 3 nitrogen and oxygen atoms in total. The second kappa shape index (κ2) is 6.70. The number of esters is 1. The van der Waals surface area contributed by atoms with Crippen LogP contribution in [0.25, 0.3) is 0 Å². The predicted octanol–water partition coefficient (Wildman–Crippen LogP) is 3.37. The Labute approximate surface area is 117 Å². The Kier molecular flexibility index (Phi) is 4.71. The lowest BCUT2D eigenvalue weighted by Gasteiger charge is -2.07. The quantitative estimate of drug-likeness (QED) is 0.619. The number of aryl methyl sites for hydroxylation is 1. The van der Waals surface area contributed by atoms with E-state index in [9.17, 15) is 9.18 Å². The van der Waals surface area contributed by atoms with Crippen LogP contribution in [-0.4, -0.2) is 19.2 Å². The van der Waals surface area contributed by atoms with Gasteiger partial charge in [-0.15, -0.1) is 0 Å². The molecule has 0 atom stereocenters. The summed E-state index contributed by atoms with van der Waals surface area (Å²) < 4.78 is 23.7. The maximum atomic E-state index is 13.3. The maximum Gasteiger partial charge on any atom is 0.338 e. The van der Waals surface area contributed by atoms with Gasteiger partial charge in [0.2, 0.25) is 0 Å². The Bertz CT molecular complexity index is 582. The SMILES string of the molecule is Cc1ccc(C(=O)OCCOc2ccccc2)cc1F. The third kappa shape index (κ3) is 3.82. The van der Waals surface area contributed by atoms with Crippen molar-refractivity contribution in [1.82, 2.24) is 0 Å².